The fraction of sp³-hybridized carbons (Fsp3) is 0.167. The monoisotopic (exact) mass is 495 g/mol. The van der Waals surface area contributed by atoms with E-state index in [1.807, 2.05) is 60.0 Å². The molecule has 0 spiro atoms. The first kappa shape index (κ1) is 24.1. The molecule has 0 bridgehead atoms. The molecule has 0 radical (unpaired) electrons. The second kappa shape index (κ2) is 9.43. The van der Waals surface area contributed by atoms with Gasteiger partial charge in [-0.15, -0.1) is 0 Å². The molecule has 0 atom stereocenters. The van der Waals surface area contributed by atoms with Crippen molar-refractivity contribution in [3.63, 3.8) is 0 Å². The van der Waals surface area contributed by atoms with E-state index in [4.69, 9.17) is 14.2 Å². The molecule has 4 aromatic carbocycles. The molecule has 0 saturated heterocycles. The maximum absolute atomic E-state index is 12.3. The normalized spacial score (nSPS) is 11.1. The first-order valence-electron chi connectivity index (χ1n) is 11.8. The molecule has 1 heterocycles. The van der Waals surface area contributed by atoms with Crippen LogP contribution in [0.2, 0.25) is 0 Å². The summed E-state index contributed by atoms with van der Waals surface area (Å²) in [4.78, 5) is 36.3. The molecule has 0 fully saturated rings. The third-order valence-electron chi connectivity index (χ3n) is 6.07. The SMILES string of the molecule is CC(=O)Oc1ccc2c(c1)c1c(OC(C)=O)c3ccccc3c(OC(C)=O)c1n2Cc1cccc(C)c1. The Kier molecular flexibility index (Phi) is 6.13. The molecule has 0 N–H and O–H groups in total. The number of fused-ring (bicyclic) bond motifs is 4. The Bertz CT molecular complexity index is 1730. The molecule has 0 aliphatic heterocycles. The van der Waals surface area contributed by atoms with Gasteiger partial charge in [-0.1, -0.05) is 54.1 Å². The number of esters is 3. The molecule has 5 rings (SSSR count). The van der Waals surface area contributed by atoms with E-state index in [9.17, 15) is 14.4 Å². The highest BCUT2D eigenvalue weighted by atomic mass is 16.5. The quantitative estimate of drug-likeness (QED) is 0.217. The van der Waals surface area contributed by atoms with E-state index < -0.39 is 17.9 Å². The molecule has 0 saturated carbocycles. The Hall–Kier alpha value is -4.65. The molecule has 0 unspecified atom stereocenters. The summed E-state index contributed by atoms with van der Waals surface area (Å²) in [6, 6.07) is 20.8. The fourth-order valence-electron chi connectivity index (χ4n) is 4.82. The lowest BCUT2D eigenvalue weighted by molar-refractivity contribution is -0.132. The summed E-state index contributed by atoms with van der Waals surface area (Å²) in [7, 11) is 0. The number of nitrogens with zero attached hydrogens (tertiary/aromatic N) is 1. The standard InChI is InChI=1S/C30H25NO6/c1-17-8-7-9-21(14-17)16-31-26-13-12-22(35-18(2)32)15-25(26)27-28(31)30(37-20(4)34)24-11-6-5-10-23(24)29(27)36-19(3)33/h5-15H,16H2,1-4H3. The van der Waals surface area contributed by atoms with E-state index in [0.29, 0.717) is 50.9 Å². The van der Waals surface area contributed by atoms with Crippen LogP contribution in [0.25, 0.3) is 32.6 Å². The van der Waals surface area contributed by atoms with Gasteiger partial charge in [0.1, 0.15) is 11.5 Å². The summed E-state index contributed by atoms with van der Waals surface area (Å²) in [5, 5.41) is 2.53. The van der Waals surface area contributed by atoms with Crippen molar-refractivity contribution in [1.29, 1.82) is 0 Å². The fourth-order valence-corrected chi connectivity index (χ4v) is 4.82. The predicted molar refractivity (Wildman–Crippen MR) is 141 cm³/mol. The number of rotatable bonds is 5. The van der Waals surface area contributed by atoms with E-state index in [1.165, 1.54) is 20.8 Å². The van der Waals surface area contributed by atoms with Gasteiger partial charge in [0, 0.05) is 49.0 Å². The number of carbonyl (C=O) groups is 3. The summed E-state index contributed by atoms with van der Waals surface area (Å²) >= 11 is 0. The highest BCUT2D eigenvalue weighted by Crippen LogP contribution is 2.48. The average molecular weight is 496 g/mol. The molecule has 5 aromatic rings. The van der Waals surface area contributed by atoms with Crippen LogP contribution < -0.4 is 14.2 Å². The molecule has 0 aliphatic carbocycles. The molecule has 7 nitrogen and oxygen atoms in total. The number of hydrogen-bond donors (Lipinski definition) is 0. The molecule has 7 heteroatoms. The molecule has 1 aromatic heterocycles. The van der Waals surface area contributed by atoms with Crippen LogP contribution >= 0.6 is 0 Å². The Balaban J connectivity index is 1.98. The van der Waals surface area contributed by atoms with Crippen molar-refractivity contribution in [2.45, 2.75) is 34.2 Å². The number of carbonyl (C=O) groups excluding carboxylic acids is 3. The van der Waals surface area contributed by atoms with Gasteiger partial charge < -0.3 is 18.8 Å². The average Bonchev–Trinajstić information content (AvgIpc) is 3.13. The Labute approximate surface area is 213 Å². The highest BCUT2D eigenvalue weighted by Gasteiger charge is 2.26. The minimum Gasteiger partial charge on any atom is -0.427 e. The number of hydrogen-bond acceptors (Lipinski definition) is 6. The zero-order valence-corrected chi connectivity index (χ0v) is 21.0. The smallest absolute Gasteiger partial charge is 0.308 e. The van der Waals surface area contributed by atoms with Crippen molar-refractivity contribution >= 4 is 50.5 Å². The summed E-state index contributed by atoms with van der Waals surface area (Å²) in [6.07, 6.45) is 0. The van der Waals surface area contributed by atoms with Crippen molar-refractivity contribution in [2.24, 2.45) is 0 Å². The lowest BCUT2D eigenvalue weighted by atomic mass is 10.0. The van der Waals surface area contributed by atoms with Crippen LogP contribution in [-0.2, 0) is 20.9 Å². The lowest BCUT2D eigenvalue weighted by Crippen LogP contribution is -2.08. The largest absolute Gasteiger partial charge is 0.427 e. The van der Waals surface area contributed by atoms with Crippen LogP contribution in [-0.4, -0.2) is 22.5 Å². The van der Waals surface area contributed by atoms with Crippen molar-refractivity contribution in [2.75, 3.05) is 0 Å². The summed E-state index contributed by atoms with van der Waals surface area (Å²) in [5.41, 5.74) is 3.55. The Morgan fingerprint density at radius 2 is 1.35 bits per heavy atom. The zero-order valence-electron chi connectivity index (χ0n) is 21.0. The second-order valence-electron chi connectivity index (χ2n) is 8.96. The highest BCUT2D eigenvalue weighted by molar-refractivity contribution is 6.22. The third kappa shape index (κ3) is 4.51. The maximum atomic E-state index is 12.3. The van der Waals surface area contributed by atoms with Crippen molar-refractivity contribution in [3.05, 3.63) is 77.9 Å². The minimum absolute atomic E-state index is 0.349. The molecular weight excluding hydrogens is 470 g/mol. The molecule has 0 amide bonds. The summed E-state index contributed by atoms with van der Waals surface area (Å²) in [6.45, 7) is 6.52. The van der Waals surface area contributed by atoms with Gasteiger partial charge in [-0.25, -0.2) is 0 Å². The Morgan fingerprint density at radius 3 is 2.00 bits per heavy atom. The van der Waals surface area contributed by atoms with Gasteiger partial charge in [0.25, 0.3) is 0 Å². The predicted octanol–water partition coefficient (Wildman–Crippen LogP) is 6.08. The van der Waals surface area contributed by atoms with Gasteiger partial charge in [0.15, 0.2) is 5.75 Å². The molecule has 0 aliphatic rings. The molecular formula is C30H25NO6. The topological polar surface area (TPSA) is 83.8 Å². The first-order chi connectivity index (χ1) is 17.7. The van der Waals surface area contributed by atoms with Crippen molar-refractivity contribution < 1.29 is 28.6 Å². The van der Waals surface area contributed by atoms with E-state index in [2.05, 4.69) is 6.07 Å². The zero-order chi connectivity index (χ0) is 26.3. The lowest BCUT2D eigenvalue weighted by Gasteiger charge is -2.16. The van der Waals surface area contributed by atoms with Crippen molar-refractivity contribution in [1.82, 2.24) is 4.57 Å². The van der Waals surface area contributed by atoms with E-state index in [1.54, 1.807) is 12.1 Å². The summed E-state index contributed by atoms with van der Waals surface area (Å²) < 4.78 is 19.1. The minimum atomic E-state index is -0.484. The van der Waals surface area contributed by atoms with Gasteiger partial charge in [-0.05, 0) is 30.7 Å². The van der Waals surface area contributed by atoms with Crippen LogP contribution in [0.15, 0.2) is 66.7 Å². The number of aromatic nitrogens is 1. The first-order valence-corrected chi connectivity index (χ1v) is 11.8. The van der Waals surface area contributed by atoms with Gasteiger partial charge in [0.05, 0.1) is 10.9 Å². The summed E-state index contributed by atoms with van der Waals surface area (Å²) in [5.74, 6) is -0.337. The van der Waals surface area contributed by atoms with Gasteiger partial charge in [-0.2, -0.15) is 0 Å². The van der Waals surface area contributed by atoms with Gasteiger partial charge in [-0.3, -0.25) is 14.4 Å². The number of ether oxygens (including phenoxy) is 3. The van der Waals surface area contributed by atoms with Gasteiger partial charge in [0.2, 0.25) is 0 Å². The van der Waals surface area contributed by atoms with Crippen LogP contribution in [0, 0.1) is 6.92 Å². The van der Waals surface area contributed by atoms with E-state index in [-0.39, 0.29) is 0 Å². The van der Waals surface area contributed by atoms with Gasteiger partial charge >= 0.3 is 17.9 Å². The molecule has 186 valence electrons. The molecule has 37 heavy (non-hydrogen) atoms. The number of benzene rings is 4. The Morgan fingerprint density at radius 1 is 0.703 bits per heavy atom. The van der Waals surface area contributed by atoms with Crippen LogP contribution in [0.1, 0.15) is 31.9 Å². The third-order valence-corrected chi connectivity index (χ3v) is 6.07. The van der Waals surface area contributed by atoms with E-state index in [0.717, 1.165) is 16.6 Å². The van der Waals surface area contributed by atoms with Crippen LogP contribution in [0.5, 0.6) is 17.2 Å². The maximum Gasteiger partial charge on any atom is 0.308 e. The van der Waals surface area contributed by atoms with E-state index >= 15 is 0 Å². The van der Waals surface area contributed by atoms with Crippen LogP contribution in [0.4, 0.5) is 0 Å². The second-order valence-corrected chi connectivity index (χ2v) is 8.96. The number of aryl methyl sites for hydroxylation is 1. The van der Waals surface area contributed by atoms with Crippen molar-refractivity contribution in [3.8, 4) is 17.2 Å². The van der Waals surface area contributed by atoms with Crippen LogP contribution in [0.3, 0.4) is 0 Å².